The number of hydrogen-bond acceptors (Lipinski definition) is 6. The number of aryl methyl sites for hydroxylation is 1. The first-order chi connectivity index (χ1) is 14.4. The fourth-order valence-electron chi connectivity index (χ4n) is 2.98. The van der Waals surface area contributed by atoms with E-state index in [1.807, 2.05) is 25.1 Å². The number of alkyl halides is 3. The molecule has 1 aliphatic rings. The second kappa shape index (κ2) is 8.10. The Labute approximate surface area is 171 Å². The molecule has 0 bridgehead atoms. The summed E-state index contributed by atoms with van der Waals surface area (Å²) in [5, 5.41) is 6.23. The summed E-state index contributed by atoms with van der Waals surface area (Å²) in [6.07, 6.45) is -2.71. The third-order valence-electron chi connectivity index (χ3n) is 4.57. The summed E-state index contributed by atoms with van der Waals surface area (Å²) in [4.78, 5) is 8.70. The van der Waals surface area contributed by atoms with Gasteiger partial charge in [0.25, 0.3) is 0 Å². The van der Waals surface area contributed by atoms with Crippen LogP contribution in [0.25, 0.3) is 0 Å². The third-order valence-corrected chi connectivity index (χ3v) is 4.57. The Kier molecular flexibility index (Phi) is 5.35. The van der Waals surface area contributed by atoms with Crippen LogP contribution in [0.2, 0.25) is 0 Å². The van der Waals surface area contributed by atoms with Crippen LogP contribution >= 0.6 is 0 Å². The van der Waals surface area contributed by atoms with Crippen LogP contribution < -0.4 is 20.1 Å². The lowest BCUT2D eigenvalue weighted by molar-refractivity contribution is -0.137. The Morgan fingerprint density at radius 3 is 2.57 bits per heavy atom. The Morgan fingerprint density at radius 2 is 1.73 bits per heavy atom. The van der Waals surface area contributed by atoms with Gasteiger partial charge in [-0.15, -0.1) is 0 Å². The first-order valence-corrected chi connectivity index (χ1v) is 9.24. The maximum absolute atomic E-state index is 12.9. The first kappa shape index (κ1) is 19.8. The summed E-state index contributed by atoms with van der Waals surface area (Å²) >= 11 is 0. The molecular weight excluding hydrogens is 397 g/mol. The lowest BCUT2D eigenvalue weighted by Gasteiger charge is -2.12. The highest BCUT2D eigenvalue weighted by atomic mass is 19.4. The van der Waals surface area contributed by atoms with E-state index in [1.54, 1.807) is 12.3 Å². The molecule has 0 aliphatic carbocycles. The zero-order chi connectivity index (χ0) is 21.1. The van der Waals surface area contributed by atoms with E-state index in [2.05, 4.69) is 20.6 Å². The van der Waals surface area contributed by atoms with Crippen molar-refractivity contribution in [1.82, 2.24) is 9.97 Å². The lowest BCUT2D eigenvalue weighted by Crippen LogP contribution is -2.09. The average Bonchev–Trinajstić information content (AvgIpc) is 3.19. The largest absolute Gasteiger partial charge is 0.454 e. The van der Waals surface area contributed by atoms with E-state index in [-0.39, 0.29) is 13.3 Å². The van der Waals surface area contributed by atoms with Crippen molar-refractivity contribution in [3.63, 3.8) is 0 Å². The molecule has 0 amide bonds. The van der Waals surface area contributed by atoms with Gasteiger partial charge in [0.05, 0.1) is 5.56 Å². The molecule has 6 nitrogen and oxygen atoms in total. The molecule has 9 heteroatoms. The quantitative estimate of drug-likeness (QED) is 0.604. The Morgan fingerprint density at radius 1 is 0.967 bits per heavy atom. The minimum Gasteiger partial charge on any atom is -0.454 e. The summed E-state index contributed by atoms with van der Waals surface area (Å²) in [6, 6.07) is 10.9. The van der Waals surface area contributed by atoms with Crippen molar-refractivity contribution in [2.75, 3.05) is 17.4 Å². The van der Waals surface area contributed by atoms with Crippen molar-refractivity contribution in [3.8, 4) is 11.5 Å². The van der Waals surface area contributed by atoms with E-state index in [0.29, 0.717) is 35.4 Å². The standard InChI is InChI=1S/C21H19F3N4O2/c1-13-9-26-20(27-11-15-5-6-17-18(8-15)30-12-29-17)28-19(13)25-10-14-3-2-4-16(7-14)21(22,23)24/h2-9H,10-12H2,1H3,(H2,25,26,27,28). The highest BCUT2D eigenvalue weighted by Gasteiger charge is 2.30. The van der Waals surface area contributed by atoms with Crippen LogP contribution in [0.15, 0.2) is 48.7 Å². The van der Waals surface area contributed by atoms with Crippen molar-refractivity contribution < 1.29 is 22.6 Å². The molecule has 2 N–H and O–H groups in total. The molecule has 156 valence electrons. The molecule has 0 atom stereocenters. The molecule has 0 radical (unpaired) electrons. The zero-order valence-electron chi connectivity index (χ0n) is 16.1. The molecule has 0 saturated heterocycles. The van der Waals surface area contributed by atoms with Gasteiger partial charge in [0.15, 0.2) is 11.5 Å². The number of nitrogens with one attached hydrogen (secondary N) is 2. The fourth-order valence-corrected chi connectivity index (χ4v) is 2.98. The minimum absolute atomic E-state index is 0.212. The number of rotatable bonds is 6. The number of benzene rings is 2. The SMILES string of the molecule is Cc1cnc(NCc2ccc3c(c2)OCO3)nc1NCc1cccc(C(F)(F)F)c1. The average molecular weight is 416 g/mol. The van der Waals surface area contributed by atoms with Crippen LogP contribution in [0.1, 0.15) is 22.3 Å². The molecular formula is C21H19F3N4O2. The summed E-state index contributed by atoms with van der Waals surface area (Å²) < 4.78 is 49.3. The van der Waals surface area contributed by atoms with Crippen molar-refractivity contribution in [2.24, 2.45) is 0 Å². The van der Waals surface area contributed by atoms with Crippen molar-refractivity contribution in [3.05, 3.63) is 70.9 Å². The van der Waals surface area contributed by atoms with Crippen LogP contribution in [0.4, 0.5) is 24.9 Å². The monoisotopic (exact) mass is 416 g/mol. The molecule has 0 spiro atoms. The third kappa shape index (κ3) is 4.56. The molecule has 0 unspecified atom stereocenters. The predicted octanol–water partition coefficient (Wildman–Crippen LogP) is 4.76. The summed E-state index contributed by atoms with van der Waals surface area (Å²) in [5.41, 5.74) is 1.60. The number of fused-ring (bicyclic) bond motifs is 1. The molecule has 0 saturated carbocycles. The maximum atomic E-state index is 12.9. The molecule has 3 aromatic rings. The Hall–Kier alpha value is -3.49. The Balaban J connectivity index is 1.41. The predicted molar refractivity (Wildman–Crippen MR) is 105 cm³/mol. The van der Waals surface area contributed by atoms with Crippen LogP contribution in [0.5, 0.6) is 11.5 Å². The lowest BCUT2D eigenvalue weighted by atomic mass is 10.1. The smallest absolute Gasteiger partial charge is 0.416 e. The maximum Gasteiger partial charge on any atom is 0.416 e. The molecule has 1 aliphatic heterocycles. The molecule has 2 heterocycles. The number of aromatic nitrogens is 2. The summed E-state index contributed by atoms with van der Waals surface area (Å²) in [7, 11) is 0. The number of nitrogens with zero attached hydrogens (tertiary/aromatic N) is 2. The van der Waals surface area contributed by atoms with Crippen molar-refractivity contribution in [2.45, 2.75) is 26.2 Å². The highest BCUT2D eigenvalue weighted by Crippen LogP contribution is 2.32. The van der Waals surface area contributed by atoms with Gasteiger partial charge < -0.3 is 20.1 Å². The van der Waals surface area contributed by atoms with Gasteiger partial charge >= 0.3 is 6.18 Å². The van der Waals surface area contributed by atoms with E-state index in [1.165, 1.54) is 6.07 Å². The van der Waals surface area contributed by atoms with Crippen LogP contribution in [0, 0.1) is 6.92 Å². The van der Waals surface area contributed by atoms with Crippen LogP contribution in [0.3, 0.4) is 0 Å². The summed E-state index contributed by atoms with van der Waals surface area (Å²) in [6.45, 7) is 2.74. The van der Waals surface area contributed by atoms with Gasteiger partial charge in [-0.3, -0.25) is 0 Å². The number of ether oxygens (including phenoxy) is 2. The highest BCUT2D eigenvalue weighted by molar-refractivity contribution is 5.48. The first-order valence-electron chi connectivity index (χ1n) is 9.24. The topological polar surface area (TPSA) is 68.3 Å². The van der Waals surface area contributed by atoms with Gasteiger partial charge in [-0.05, 0) is 42.3 Å². The molecule has 4 rings (SSSR count). The number of hydrogen-bond donors (Lipinski definition) is 2. The second-order valence-electron chi connectivity index (χ2n) is 6.82. The van der Waals surface area contributed by atoms with Crippen molar-refractivity contribution >= 4 is 11.8 Å². The van der Waals surface area contributed by atoms with Crippen LogP contribution in [-0.4, -0.2) is 16.8 Å². The van der Waals surface area contributed by atoms with Gasteiger partial charge in [0, 0.05) is 24.8 Å². The van der Waals surface area contributed by atoms with E-state index < -0.39 is 11.7 Å². The fraction of sp³-hybridized carbons (Fsp3) is 0.238. The van der Waals surface area contributed by atoms with E-state index in [0.717, 1.165) is 23.3 Å². The second-order valence-corrected chi connectivity index (χ2v) is 6.82. The van der Waals surface area contributed by atoms with E-state index in [9.17, 15) is 13.2 Å². The van der Waals surface area contributed by atoms with E-state index in [4.69, 9.17) is 9.47 Å². The van der Waals surface area contributed by atoms with Crippen LogP contribution in [-0.2, 0) is 19.3 Å². The van der Waals surface area contributed by atoms with E-state index >= 15 is 0 Å². The normalized spacial score (nSPS) is 12.7. The molecule has 30 heavy (non-hydrogen) atoms. The number of anilines is 2. The summed E-state index contributed by atoms with van der Waals surface area (Å²) in [5.74, 6) is 2.37. The Bertz CT molecular complexity index is 1060. The molecule has 2 aromatic carbocycles. The minimum atomic E-state index is -4.37. The van der Waals surface area contributed by atoms with Gasteiger partial charge in [-0.25, -0.2) is 4.98 Å². The molecule has 0 fully saturated rings. The van der Waals surface area contributed by atoms with Gasteiger partial charge in [-0.1, -0.05) is 18.2 Å². The molecule has 1 aromatic heterocycles. The van der Waals surface area contributed by atoms with Gasteiger partial charge in [-0.2, -0.15) is 18.2 Å². The zero-order valence-corrected chi connectivity index (χ0v) is 16.1. The van der Waals surface area contributed by atoms with Gasteiger partial charge in [0.1, 0.15) is 5.82 Å². The van der Waals surface area contributed by atoms with Gasteiger partial charge in [0.2, 0.25) is 12.7 Å². The number of halogens is 3. The van der Waals surface area contributed by atoms with Crippen molar-refractivity contribution in [1.29, 1.82) is 0 Å².